The van der Waals surface area contributed by atoms with Crippen LogP contribution in [0.4, 0.5) is 14.9 Å². The zero-order valence-corrected chi connectivity index (χ0v) is 19.9. The van der Waals surface area contributed by atoms with Gasteiger partial charge in [-0.05, 0) is 73.9 Å². The number of amides is 3. The van der Waals surface area contributed by atoms with Crippen LogP contribution in [-0.2, 0) is 4.79 Å². The van der Waals surface area contributed by atoms with Crippen molar-refractivity contribution < 1.29 is 18.7 Å². The van der Waals surface area contributed by atoms with Gasteiger partial charge in [-0.15, -0.1) is 0 Å². The molecule has 3 amide bonds. The maximum Gasteiger partial charge on any atom is 0.332 e. The van der Waals surface area contributed by atoms with Crippen molar-refractivity contribution in [1.82, 2.24) is 9.88 Å². The van der Waals surface area contributed by atoms with Gasteiger partial charge in [-0.2, -0.15) is 5.26 Å². The van der Waals surface area contributed by atoms with Crippen molar-refractivity contribution in [3.63, 3.8) is 0 Å². The smallest absolute Gasteiger partial charge is 0.332 e. The van der Waals surface area contributed by atoms with E-state index in [2.05, 4.69) is 4.98 Å². The molecule has 1 fully saturated rings. The van der Waals surface area contributed by atoms with Crippen molar-refractivity contribution in [2.45, 2.75) is 25.8 Å². The molecule has 0 aliphatic carbocycles. The maximum atomic E-state index is 14.5. The van der Waals surface area contributed by atoms with Crippen molar-refractivity contribution in [3.05, 3.63) is 77.3 Å². The number of imide groups is 1. The number of halogens is 2. The zero-order chi connectivity index (χ0) is 25.2. The van der Waals surface area contributed by atoms with Crippen molar-refractivity contribution in [1.29, 1.82) is 5.26 Å². The Morgan fingerprint density at radius 2 is 1.83 bits per heavy atom. The van der Waals surface area contributed by atoms with E-state index < -0.39 is 23.3 Å². The lowest BCUT2D eigenvalue weighted by molar-refractivity contribution is -0.123. The summed E-state index contributed by atoms with van der Waals surface area (Å²) in [5.41, 5.74) is 1.02. The standard InChI is InChI=1S/C26H22ClFN4O3/c1-26(2)24(33)32(20-6-4-19(16-29)21(27)15-20)25(34)31(26)12-3-13-35-23-7-5-18(14-22(23)28)17-8-10-30-11-9-17/h4-11,14-15H,3,12-13H2,1-2H3. The number of rotatable bonds is 7. The fourth-order valence-electron chi connectivity index (χ4n) is 3.92. The third-order valence-corrected chi connectivity index (χ3v) is 6.20. The van der Waals surface area contributed by atoms with Gasteiger partial charge in [0.2, 0.25) is 0 Å². The molecule has 0 unspecified atom stereocenters. The Balaban J connectivity index is 1.40. The Hall–Kier alpha value is -3.96. The molecule has 1 saturated heterocycles. The minimum Gasteiger partial charge on any atom is -0.490 e. The number of nitriles is 1. The van der Waals surface area contributed by atoms with Gasteiger partial charge in [-0.1, -0.05) is 17.7 Å². The normalized spacial score (nSPS) is 14.8. The zero-order valence-electron chi connectivity index (χ0n) is 19.2. The topological polar surface area (TPSA) is 86.5 Å². The number of hydrogen-bond donors (Lipinski definition) is 0. The number of anilines is 1. The van der Waals surface area contributed by atoms with Crippen LogP contribution in [0, 0.1) is 17.1 Å². The van der Waals surface area contributed by atoms with Crippen LogP contribution in [0.1, 0.15) is 25.8 Å². The molecule has 0 radical (unpaired) electrons. The molecule has 1 aromatic heterocycles. The second kappa shape index (κ2) is 9.72. The molecule has 1 aliphatic heterocycles. The Morgan fingerprint density at radius 3 is 2.49 bits per heavy atom. The number of carbonyl (C=O) groups excluding carboxylic acids is 2. The average Bonchev–Trinajstić information content (AvgIpc) is 3.01. The number of pyridine rings is 1. The van der Waals surface area contributed by atoms with Crippen LogP contribution in [0.2, 0.25) is 5.02 Å². The molecule has 0 atom stereocenters. The van der Waals surface area contributed by atoms with Gasteiger partial charge in [0.05, 0.1) is 22.9 Å². The monoisotopic (exact) mass is 492 g/mol. The lowest BCUT2D eigenvalue weighted by atomic mass is 10.0. The van der Waals surface area contributed by atoms with Crippen LogP contribution in [0.5, 0.6) is 5.75 Å². The van der Waals surface area contributed by atoms with Gasteiger partial charge in [0.25, 0.3) is 5.91 Å². The van der Waals surface area contributed by atoms with E-state index in [0.717, 1.165) is 10.5 Å². The van der Waals surface area contributed by atoms with Crippen molar-refractivity contribution in [3.8, 4) is 22.9 Å². The Morgan fingerprint density at radius 1 is 1.09 bits per heavy atom. The van der Waals surface area contributed by atoms with E-state index >= 15 is 0 Å². The van der Waals surface area contributed by atoms with Crippen LogP contribution >= 0.6 is 11.6 Å². The first-order valence-corrected chi connectivity index (χ1v) is 11.3. The first-order valence-electron chi connectivity index (χ1n) is 10.9. The molecule has 1 aliphatic rings. The number of hydrogen-bond acceptors (Lipinski definition) is 5. The molecule has 178 valence electrons. The minimum absolute atomic E-state index is 0.111. The molecule has 2 heterocycles. The summed E-state index contributed by atoms with van der Waals surface area (Å²) in [6, 6.07) is 14.2. The predicted molar refractivity (Wildman–Crippen MR) is 130 cm³/mol. The molecular formula is C26H22ClFN4O3. The number of nitrogens with zero attached hydrogens (tertiary/aromatic N) is 4. The van der Waals surface area contributed by atoms with Crippen molar-refractivity contribution in [2.75, 3.05) is 18.1 Å². The van der Waals surface area contributed by atoms with Crippen LogP contribution < -0.4 is 9.64 Å². The summed E-state index contributed by atoms with van der Waals surface area (Å²) in [5, 5.41) is 9.22. The largest absolute Gasteiger partial charge is 0.490 e. The summed E-state index contributed by atoms with van der Waals surface area (Å²) in [7, 11) is 0. The lowest BCUT2D eigenvalue weighted by Crippen LogP contribution is -2.44. The van der Waals surface area contributed by atoms with Crippen LogP contribution in [0.3, 0.4) is 0 Å². The second-order valence-corrected chi connectivity index (χ2v) is 8.90. The summed E-state index contributed by atoms with van der Waals surface area (Å²) in [4.78, 5) is 32.6. The van der Waals surface area contributed by atoms with Crippen LogP contribution in [0.25, 0.3) is 11.1 Å². The summed E-state index contributed by atoms with van der Waals surface area (Å²) in [5.74, 6) is -0.780. The van der Waals surface area contributed by atoms with E-state index in [9.17, 15) is 14.0 Å². The highest BCUT2D eigenvalue weighted by molar-refractivity contribution is 6.32. The predicted octanol–water partition coefficient (Wildman–Crippen LogP) is 5.43. The van der Waals surface area contributed by atoms with E-state index in [-0.39, 0.29) is 29.5 Å². The number of carbonyl (C=O) groups is 2. The van der Waals surface area contributed by atoms with Crippen molar-refractivity contribution in [2.24, 2.45) is 0 Å². The SMILES string of the molecule is CC1(C)C(=O)N(c2ccc(C#N)c(Cl)c2)C(=O)N1CCCOc1ccc(-c2ccncc2)cc1F. The van der Waals surface area contributed by atoms with Gasteiger partial charge >= 0.3 is 6.03 Å². The maximum absolute atomic E-state index is 14.5. The number of urea groups is 1. The molecule has 0 spiro atoms. The fraction of sp³-hybridized carbons (Fsp3) is 0.231. The van der Waals surface area contributed by atoms with Gasteiger partial charge in [0.1, 0.15) is 11.6 Å². The number of ether oxygens (including phenoxy) is 1. The van der Waals surface area contributed by atoms with Gasteiger partial charge in [-0.25, -0.2) is 14.1 Å². The highest BCUT2D eigenvalue weighted by Gasteiger charge is 2.51. The minimum atomic E-state index is -1.09. The summed E-state index contributed by atoms with van der Waals surface area (Å²) < 4.78 is 20.1. The fourth-order valence-corrected chi connectivity index (χ4v) is 4.14. The average molecular weight is 493 g/mol. The Kier molecular flexibility index (Phi) is 6.72. The van der Waals surface area contributed by atoms with E-state index in [1.807, 2.05) is 6.07 Å². The Bertz CT molecular complexity index is 1320. The molecule has 35 heavy (non-hydrogen) atoms. The van der Waals surface area contributed by atoms with Gasteiger partial charge in [-0.3, -0.25) is 9.78 Å². The first kappa shape index (κ1) is 24.2. The molecule has 2 aromatic carbocycles. The molecule has 7 nitrogen and oxygen atoms in total. The highest BCUT2D eigenvalue weighted by Crippen LogP contribution is 2.34. The van der Waals surface area contributed by atoms with Gasteiger partial charge in [0, 0.05) is 18.9 Å². The molecule has 9 heteroatoms. The first-order chi connectivity index (χ1) is 16.7. The summed E-state index contributed by atoms with van der Waals surface area (Å²) >= 11 is 6.09. The quantitative estimate of drug-likeness (QED) is 0.324. The van der Waals surface area contributed by atoms with Crippen LogP contribution in [-0.4, -0.2) is 40.5 Å². The third-order valence-electron chi connectivity index (χ3n) is 5.88. The molecule has 0 bridgehead atoms. The van der Waals surface area contributed by atoms with E-state index in [1.165, 1.54) is 29.2 Å². The second-order valence-electron chi connectivity index (χ2n) is 8.49. The summed E-state index contributed by atoms with van der Waals surface area (Å²) in [6.45, 7) is 3.71. The van der Waals surface area contributed by atoms with Crippen molar-refractivity contribution >= 4 is 29.2 Å². The molecule has 3 aromatic rings. The van der Waals surface area contributed by atoms with E-state index in [4.69, 9.17) is 21.6 Å². The summed E-state index contributed by atoms with van der Waals surface area (Å²) in [6.07, 6.45) is 3.66. The number of benzene rings is 2. The Labute approximate surface area is 207 Å². The van der Waals surface area contributed by atoms with Crippen LogP contribution in [0.15, 0.2) is 60.9 Å². The molecular weight excluding hydrogens is 471 g/mol. The van der Waals surface area contributed by atoms with E-state index in [0.29, 0.717) is 17.7 Å². The molecule has 4 rings (SSSR count). The van der Waals surface area contributed by atoms with Gasteiger partial charge < -0.3 is 9.64 Å². The number of aromatic nitrogens is 1. The molecule has 0 saturated carbocycles. The van der Waals surface area contributed by atoms with E-state index in [1.54, 1.807) is 50.5 Å². The molecule has 0 N–H and O–H groups in total. The van der Waals surface area contributed by atoms with Gasteiger partial charge in [0.15, 0.2) is 11.6 Å². The highest BCUT2D eigenvalue weighted by atomic mass is 35.5. The third kappa shape index (κ3) is 4.68. The lowest BCUT2D eigenvalue weighted by Gasteiger charge is -2.27.